The number of hydrogen-bond donors (Lipinski definition) is 1. The topological polar surface area (TPSA) is 67.9 Å². The number of carbonyl (C=O) groups is 2. The summed E-state index contributed by atoms with van der Waals surface area (Å²) in [6, 6.07) is 15.0. The molecule has 0 unspecified atom stereocenters. The lowest BCUT2D eigenvalue weighted by molar-refractivity contribution is -0.142. The van der Waals surface area contributed by atoms with Crippen LogP contribution in [-0.4, -0.2) is 37.5 Å². The summed E-state index contributed by atoms with van der Waals surface area (Å²) in [5, 5.41) is 2.87. The lowest BCUT2D eigenvalue weighted by Gasteiger charge is -2.26. The van der Waals surface area contributed by atoms with Gasteiger partial charge in [-0.2, -0.15) is 0 Å². The first-order chi connectivity index (χ1) is 13.5. The molecule has 1 fully saturated rings. The summed E-state index contributed by atoms with van der Waals surface area (Å²) in [5.74, 6) is 0.718. The highest BCUT2D eigenvalue weighted by molar-refractivity contribution is 6.13. The van der Waals surface area contributed by atoms with Gasteiger partial charge in [-0.15, -0.1) is 0 Å². The maximum Gasteiger partial charge on any atom is 0.240 e. The predicted molar refractivity (Wildman–Crippen MR) is 107 cm³/mol. The van der Waals surface area contributed by atoms with Crippen LogP contribution in [0.4, 0.5) is 5.69 Å². The minimum Gasteiger partial charge on any atom is -0.497 e. The maximum absolute atomic E-state index is 13.2. The Morgan fingerprint density at radius 2 is 1.79 bits per heavy atom. The van der Waals surface area contributed by atoms with Gasteiger partial charge in [0.15, 0.2) is 0 Å². The van der Waals surface area contributed by atoms with E-state index >= 15 is 0 Å². The van der Waals surface area contributed by atoms with Gasteiger partial charge < -0.3 is 19.7 Å². The van der Waals surface area contributed by atoms with Crippen LogP contribution in [0.15, 0.2) is 48.5 Å². The number of methoxy groups -OCH3 is 2. The summed E-state index contributed by atoms with van der Waals surface area (Å²) in [6.07, 6.45) is 1.11. The molecule has 28 heavy (non-hydrogen) atoms. The summed E-state index contributed by atoms with van der Waals surface area (Å²) >= 11 is 0. The Kier molecular flexibility index (Phi) is 5.87. The molecule has 6 heteroatoms. The van der Waals surface area contributed by atoms with Crippen LogP contribution in [0.1, 0.15) is 25.3 Å². The van der Waals surface area contributed by atoms with Crippen molar-refractivity contribution in [2.45, 2.75) is 26.3 Å². The highest BCUT2D eigenvalue weighted by atomic mass is 16.5. The highest BCUT2D eigenvalue weighted by Gasteiger charge is 2.58. The lowest BCUT2D eigenvalue weighted by atomic mass is 10.0. The van der Waals surface area contributed by atoms with Gasteiger partial charge in [-0.05, 0) is 37.5 Å². The third-order valence-electron chi connectivity index (χ3n) is 5.14. The van der Waals surface area contributed by atoms with Crippen molar-refractivity contribution in [3.05, 3.63) is 54.1 Å². The number of amides is 2. The first-order valence-corrected chi connectivity index (χ1v) is 9.41. The molecule has 6 nitrogen and oxygen atoms in total. The molecule has 0 saturated heterocycles. The van der Waals surface area contributed by atoms with Gasteiger partial charge >= 0.3 is 0 Å². The molecule has 0 aliphatic heterocycles. The van der Waals surface area contributed by atoms with Crippen LogP contribution in [0.2, 0.25) is 0 Å². The first-order valence-electron chi connectivity index (χ1n) is 9.41. The van der Waals surface area contributed by atoms with Crippen molar-refractivity contribution in [3.63, 3.8) is 0 Å². The van der Waals surface area contributed by atoms with Crippen molar-refractivity contribution in [2.24, 2.45) is 5.41 Å². The summed E-state index contributed by atoms with van der Waals surface area (Å²) in [7, 11) is 3.10. The molecule has 0 bridgehead atoms. The molecule has 0 radical (unpaired) electrons. The molecule has 2 aromatic rings. The summed E-state index contributed by atoms with van der Waals surface area (Å²) < 4.78 is 10.5. The van der Waals surface area contributed by atoms with Crippen molar-refractivity contribution in [3.8, 4) is 11.5 Å². The van der Waals surface area contributed by atoms with Gasteiger partial charge in [0, 0.05) is 19.2 Å². The largest absolute Gasteiger partial charge is 0.497 e. The molecule has 1 aliphatic rings. The van der Waals surface area contributed by atoms with E-state index in [1.165, 1.54) is 7.11 Å². The summed E-state index contributed by atoms with van der Waals surface area (Å²) in [5.41, 5.74) is 0.583. The van der Waals surface area contributed by atoms with Gasteiger partial charge in [-0.1, -0.05) is 30.3 Å². The maximum atomic E-state index is 13.2. The standard InChI is InChI=1S/C22H26N2O4/c1-4-24(15-16-8-6-5-7-9-16)21(26)22(12-13-22)20(25)23-18-11-10-17(27-2)14-19(18)28-3/h5-11,14H,4,12-13,15H2,1-3H3,(H,23,25). The molecule has 2 aromatic carbocycles. The number of ether oxygens (including phenoxy) is 2. The lowest BCUT2D eigenvalue weighted by Crippen LogP contribution is -2.42. The molecule has 3 rings (SSSR count). The van der Waals surface area contributed by atoms with Crippen LogP contribution in [-0.2, 0) is 16.1 Å². The van der Waals surface area contributed by atoms with Gasteiger partial charge in [-0.25, -0.2) is 0 Å². The van der Waals surface area contributed by atoms with E-state index in [4.69, 9.17) is 9.47 Å². The van der Waals surface area contributed by atoms with Crippen LogP contribution in [0.5, 0.6) is 11.5 Å². The van der Waals surface area contributed by atoms with Crippen molar-refractivity contribution < 1.29 is 19.1 Å². The van der Waals surface area contributed by atoms with Gasteiger partial charge in [0.2, 0.25) is 11.8 Å². The molecule has 0 atom stereocenters. The molecule has 1 saturated carbocycles. The normalized spacial score (nSPS) is 14.1. The van der Waals surface area contributed by atoms with Crippen molar-refractivity contribution >= 4 is 17.5 Å². The Labute approximate surface area is 165 Å². The third kappa shape index (κ3) is 3.96. The Morgan fingerprint density at radius 1 is 1.07 bits per heavy atom. The van der Waals surface area contributed by atoms with Crippen molar-refractivity contribution in [1.29, 1.82) is 0 Å². The molecule has 0 aromatic heterocycles. The minimum absolute atomic E-state index is 0.121. The van der Waals surface area contributed by atoms with Gasteiger partial charge in [-0.3, -0.25) is 9.59 Å². The number of rotatable bonds is 8. The summed E-state index contributed by atoms with van der Waals surface area (Å²) in [6.45, 7) is 2.98. The molecular weight excluding hydrogens is 356 g/mol. The fraction of sp³-hybridized carbons (Fsp3) is 0.364. The third-order valence-corrected chi connectivity index (χ3v) is 5.14. The van der Waals surface area contributed by atoms with E-state index < -0.39 is 5.41 Å². The number of anilines is 1. The Bertz CT molecular complexity index is 847. The molecule has 0 spiro atoms. The van der Waals surface area contributed by atoms with E-state index in [0.717, 1.165) is 5.56 Å². The van der Waals surface area contributed by atoms with E-state index in [1.807, 2.05) is 37.3 Å². The van der Waals surface area contributed by atoms with E-state index in [-0.39, 0.29) is 11.8 Å². The van der Waals surface area contributed by atoms with Crippen LogP contribution in [0.25, 0.3) is 0 Å². The molecular formula is C22H26N2O4. The highest BCUT2D eigenvalue weighted by Crippen LogP contribution is 2.48. The Morgan fingerprint density at radius 3 is 2.36 bits per heavy atom. The van der Waals surface area contributed by atoms with E-state index in [1.54, 1.807) is 30.2 Å². The second-order valence-corrected chi connectivity index (χ2v) is 6.91. The fourth-order valence-electron chi connectivity index (χ4n) is 3.24. The molecule has 0 heterocycles. The van der Waals surface area contributed by atoms with E-state index in [2.05, 4.69) is 5.32 Å². The molecule has 1 aliphatic carbocycles. The van der Waals surface area contributed by atoms with Crippen LogP contribution >= 0.6 is 0 Å². The average Bonchev–Trinajstić information content (AvgIpc) is 3.54. The van der Waals surface area contributed by atoms with Gasteiger partial charge in [0.1, 0.15) is 16.9 Å². The SMILES string of the molecule is CCN(Cc1ccccc1)C(=O)C1(C(=O)Nc2ccc(OC)cc2OC)CC1. The zero-order chi connectivity index (χ0) is 20.1. The van der Waals surface area contributed by atoms with Crippen LogP contribution in [0.3, 0.4) is 0 Å². The summed E-state index contributed by atoms with van der Waals surface area (Å²) in [4.78, 5) is 27.9. The average molecular weight is 382 g/mol. The number of carbonyl (C=O) groups excluding carboxylic acids is 2. The van der Waals surface area contributed by atoms with Crippen LogP contribution in [0, 0.1) is 5.41 Å². The zero-order valence-corrected chi connectivity index (χ0v) is 16.5. The predicted octanol–water partition coefficient (Wildman–Crippen LogP) is 3.47. The van der Waals surface area contributed by atoms with Gasteiger partial charge in [0.05, 0.1) is 19.9 Å². The molecule has 1 N–H and O–H groups in total. The van der Waals surface area contributed by atoms with Crippen molar-refractivity contribution in [2.75, 3.05) is 26.1 Å². The first kappa shape index (κ1) is 19.7. The Hall–Kier alpha value is -3.02. The second kappa shape index (κ2) is 8.33. The monoisotopic (exact) mass is 382 g/mol. The Balaban J connectivity index is 1.75. The fourth-order valence-corrected chi connectivity index (χ4v) is 3.24. The second-order valence-electron chi connectivity index (χ2n) is 6.91. The van der Waals surface area contributed by atoms with Crippen molar-refractivity contribution in [1.82, 2.24) is 4.90 Å². The molecule has 2 amide bonds. The number of benzene rings is 2. The van der Waals surface area contributed by atoms with E-state index in [0.29, 0.717) is 43.1 Å². The smallest absolute Gasteiger partial charge is 0.240 e. The van der Waals surface area contributed by atoms with Gasteiger partial charge in [0.25, 0.3) is 0 Å². The van der Waals surface area contributed by atoms with Crippen LogP contribution < -0.4 is 14.8 Å². The number of hydrogen-bond acceptors (Lipinski definition) is 4. The number of nitrogens with one attached hydrogen (secondary N) is 1. The molecule has 148 valence electrons. The minimum atomic E-state index is -0.990. The quantitative estimate of drug-likeness (QED) is 0.710. The van der Waals surface area contributed by atoms with E-state index in [9.17, 15) is 9.59 Å². The zero-order valence-electron chi connectivity index (χ0n) is 16.5. The number of nitrogens with zero attached hydrogens (tertiary/aromatic N) is 1.